The van der Waals surface area contributed by atoms with Gasteiger partial charge in [0.05, 0.1) is 11.1 Å². The summed E-state index contributed by atoms with van der Waals surface area (Å²) < 4.78 is 5.54. The molecule has 1 aliphatic carbocycles. The maximum Gasteiger partial charge on any atom is 0.252 e. The van der Waals surface area contributed by atoms with Gasteiger partial charge in [-0.15, -0.1) is 0 Å². The summed E-state index contributed by atoms with van der Waals surface area (Å²) >= 11 is 0. The number of fused-ring (bicyclic) bond motifs is 1. The number of nitrogens with zero attached hydrogens (tertiary/aromatic N) is 3. The minimum atomic E-state index is -0.266. The van der Waals surface area contributed by atoms with E-state index in [2.05, 4.69) is 10.2 Å². The number of para-hydroxylation sites is 1. The molecule has 5 rings (SSSR count). The Hall–Kier alpha value is -2.67. The Morgan fingerprint density at radius 2 is 1.86 bits per heavy atom. The lowest BCUT2D eigenvalue weighted by Gasteiger charge is -2.36. The molecule has 2 saturated heterocycles. The minimum absolute atomic E-state index is 0.0282. The number of carbonyl (C=O) groups is 2. The third-order valence-electron chi connectivity index (χ3n) is 5.98. The number of piperazine rings is 1. The lowest BCUT2D eigenvalue weighted by Crippen LogP contribution is -2.51. The molecule has 1 aromatic heterocycles. The van der Waals surface area contributed by atoms with Crippen molar-refractivity contribution >= 4 is 28.5 Å². The zero-order chi connectivity index (χ0) is 19.8. The highest BCUT2D eigenvalue weighted by molar-refractivity contribution is 6.07. The molecule has 0 bridgehead atoms. The van der Waals surface area contributed by atoms with Gasteiger partial charge in [-0.05, 0) is 37.8 Å². The zero-order valence-electron chi connectivity index (χ0n) is 16.5. The Kier molecular flexibility index (Phi) is 4.83. The fraction of sp³-hybridized carbons (Fsp3) is 0.500. The van der Waals surface area contributed by atoms with Crippen molar-refractivity contribution in [3.05, 3.63) is 35.9 Å². The molecule has 2 amide bonds. The summed E-state index contributed by atoms with van der Waals surface area (Å²) in [7, 11) is 0. The van der Waals surface area contributed by atoms with Crippen LogP contribution in [0.25, 0.3) is 10.9 Å². The van der Waals surface area contributed by atoms with Crippen molar-refractivity contribution in [1.29, 1.82) is 0 Å². The topological polar surface area (TPSA) is 74.8 Å². The molecule has 7 heteroatoms. The van der Waals surface area contributed by atoms with Gasteiger partial charge < -0.3 is 19.9 Å². The second-order valence-electron chi connectivity index (χ2n) is 8.11. The maximum absolute atomic E-state index is 12.8. The Bertz CT molecular complexity index is 929. The van der Waals surface area contributed by atoms with Crippen LogP contribution in [0.4, 0.5) is 5.82 Å². The summed E-state index contributed by atoms with van der Waals surface area (Å²) in [6, 6.07) is 9.99. The molecule has 3 heterocycles. The fourth-order valence-electron chi connectivity index (χ4n) is 4.13. The van der Waals surface area contributed by atoms with Crippen molar-refractivity contribution < 1.29 is 14.3 Å². The molecule has 1 saturated carbocycles. The van der Waals surface area contributed by atoms with E-state index in [0.717, 1.165) is 42.4 Å². The van der Waals surface area contributed by atoms with Crippen molar-refractivity contribution in [1.82, 2.24) is 15.2 Å². The number of rotatable bonds is 4. The van der Waals surface area contributed by atoms with Gasteiger partial charge in [-0.3, -0.25) is 9.59 Å². The number of ether oxygens (including phenoxy) is 1. The van der Waals surface area contributed by atoms with Crippen LogP contribution in [0, 0.1) is 0 Å². The van der Waals surface area contributed by atoms with Crippen LogP contribution in [0.5, 0.6) is 0 Å². The van der Waals surface area contributed by atoms with E-state index in [4.69, 9.17) is 9.72 Å². The number of hydrogen-bond donors (Lipinski definition) is 1. The van der Waals surface area contributed by atoms with Gasteiger partial charge in [-0.1, -0.05) is 18.2 Å². The second kappa shape index (κ2) is 7.63. The summed E-state index contributed by atoms with van der Waals surface area (Å²) in [4.78, 5) is 34.3. The summed E-state index contributed by atoms with van der Waals surface area (Å²) in [5.74, 6) is 0.881. The Balaban J connectivity index is 1.35. The van der Waals surface area contributed by atoms with Crippen LogP contribution in [-0.2, 0) is 9.53 Å². The molecule has 0 radical (unpaired) electrons. The van der Waals surface area contributed by atoms with E-state index in [1.54, 1.807) is 0 Å². The van der Waals surface area contributed by atoms with Crippen molar-refractivity contribution in [2.24, 2.45) is 0 Å². The third-order valence-corrected chi connectivity index (χ3v) is 5.98. The monoisotopic (exact) mass is 394 g/mol. The lowest BCUT2D eigenvalue weighted by atomic mass is 10.1. The molecule has 152 valence electrons. The SMILES string of the molecule is O=C(NC1CC1)c1cc(N2CCN(C(=O)C3CCCO3)CC2)nc2ccccc12. The summed E-state index contributed by atoms with van der Waals surface area (Å²) in [6.07, 6.45) is 3.64. The van der Waals surface area contributed by atoms with Crippen molar-refractivity contribution in [3.8, 4) is 0 Å². The van der Waals surface area contributed by atoms with E-state index >= 15 is 0 Å². The molecule has 0 spiro atoms. The number of amides is 2. The number of pyridine rings is 1. The highest BCUT2D eigenvalue weighted by Crippen LogP contribution is 2.26. The van der Waals surface area contributed by atoms with E-state index < -0.39 is 0 Å². The van der Waals surface area contributed by atoms with E-state index in [-0.39, 0.29) is 17.9 Å². The van der Waals surface area contributed by atoms with Gasteiger partial charge in [0.15, 0.2) is 0 Å². The van der Waals surface area contributed by atoms with E-state index in [1.165, 1.54) is 0 Å². The molecule has 3 fully saturated rings. The highest BCUT2D eigenvalue weighted by atomic mass is 16.5. The Morgan fingerprint density at radius 3 is 2.59 bits per heavy atom. The first-order valence-corrected chi connectivity index (χ1v) is 10.5. The number of benzene rings is 1. The smallest absolute Gasteiger partial charge is 0.252 e. The molecule has 1 N–H and O–H groups in total. The Morgan fingerprint density at radius 1 is 1.07 bits per heavy atom. The van der Waals surface area contributed by atoms with Crippen LogP contribution in [0.1, 0.15) is 36.0 Å². The number of carbonyl (C=O) groups excluding carboxylic acids is 2. The molecule has 1 aromatic carbocycles. The molecular weight excluding hydrogens is 368 g/mol. The molecule has 1 atom stereocenters. The first-order valence-electron chi connectivity index (χ1n) is 10.5. The van der Waals surface area contributed by atoms with Gasteiger partial charge in [0.25, 0.3) is 11.8 Å². The van der Waals surface area contributed by atoms with E-state index in [1.807, 2.05) is 35.2 Å². The Labute approximate surface area is 170 Å². The van der Waals surface area contributed by atoms with Crippen molar-refractivity contribution in [3.63, 3.8) is 0 Å². The predicted molar refractivity (Wildman–Crippen MR) is 110 cm³/mol. The van der Waals surface area contributed by atoms with Gasteiger partial charge in [-0.2, -0.15) is 0 Å². The predicted octanol–water partition coefficient (Wildman–Crippen LogP) is 1.95. The van der Waals surface area contributed by atoms with Crippen LogP contribution in [0.3, 0.4) is 0 Å². The normalized spacial score (nSPS) is 22.1. The van der Waals surface area contributed by atoms with Gasteiger partial charge in [0, 0.05) is 44.2 Å². The summed E-state index contributed by atoms with van der Waals surface area (Å²) in [5.41, 5.74) is 1.50. The number of aromatic nitrogens is 1. The van der Waals surface area contributed by atoms with Crippen LogP contribution in [-0.4, -0.2) is 66.6 Å². The van der Waals surface area contributed by atoms with Gasteiger partial charge in [0.2, 0.25) is 0 Å². The average molecular weight is 394 g/mol. The van der Waals surface area contributed by atoms with Crippen LogP contribution in [0.2, 0.25) is 0 Å². The van der Waals surface area contributed by atoms with Gasteiger partial charge >= 0.3 is 0 Å². The summed E-state index contributed by atoms with van der Waals surface area (Å²) in [6.45, 7) is 3.39. The van der Waals surface area contributed by atoms with Crippen molar-refractivity contribution in [2.45, 2.75) is 37.8 Å². The van der Waals surface area contributed by atoms with E-state index in [9.17, 15) is 9.59 Å². The summed E-state index contributed by atoms with van der Waals surface area (Å²) in [5, 5.41) is 3.97. The van der Waals surface area contributed by atoms with E-state index in [0.29, 0.717) is 44.4 Å². The number of anilines is 1. The minimum Gasteiger partial charge on any atom is -0.368 e. The lowest BCUT2D eigenvalue weighted by molar-refractivity contribution is -0.141. The van der Waals surface area contributed by atoms with Gasteiger partial charge in [-0.25, -0.2) is 4.98 Å². The molecule has 29 heavy (non-hydrogen) atoms. The standard InChI is InChI=1S/C22H26N4O3/c27-21(23-15-7-8-15)17-14-20(24-18-5-2-1-4-16(17)18)25-9-11-26(12-10-25)22(28)19-6-3-13-29-19/h1-2,4-5,14-15,19H,3,6-13H2,(H,23,27). The fourth-order valence-corrected chi connectivity index (χ4v) is 4.13. The van der Waals surface area contributed by atoms with Gasteiger partial charge in [0.1, 0.15) is 11.9 Å². The largest absolute Gasteiger partial charge is 0.368 e. The number of hydrogen-bond acceptors (Lipinski definition) is 5. The first-order chi connectivity index (χ1) is 14.2. The molecule has 1 unspecified atom stereocenters. The molecule has 2 aliphatic heterocycles. The maximum atomic E-state index is 12.8. The van der Waals surface area contributed by atoms with Crippen LogP contribution in [0.15, 0.2) is 30.3 Å². The molecule has 3 aliphatic rings. The second-order valence-corrected chi connectivity index (χ2v) is 8.11. The third kappa shape index (κ3) is 3.79. The van der Waals surface area contributed by atoms with Crippen LogP contribution < -0.4 is 10.2 Å². The highest BCUT2D eigenvalue weighted by Gasteiger charge is 2.31. The quantitative estimate of drug-likeness (QED) is 0.858. The average Bonchev–Trinajstić information content (AvgIpc) is 3.40. The zero-order valence-corrected chi connectivity index (χ0v) is 16.5. The molecule has 2 aromatic rings. The molecule has 7 nitrogen and oxygen atoms in total. The number of nitrogens with one attached hydrogen (secondary N) is 1. The molecular formula is C22H26N4O3. The van der Waals surface area contributed by atoms with Crippen LogP contribution >= 0.6 is 0 Å². The first kappa shape index (κ1) is 18.4. The van der Waals surface area contributed by atoms with Crippen molar-refractivity contribution in [2.75, 3.05) is 37.7 Å².